The lowest BCUT2D eigenvalue weighted by Gasteiger charge is -2.60. The highest BCUT2D eigenvalue weighted by atomic mass is 19.1. The van der Waals surface area contributed by atoms with Gasteiger partial charge in [0.2, 0.25) is 0 Å². The predicted octanol–water partition coefficient (Wildman–Crippen LogP) is 1.92. The van der Waals surface area contributed by atoms with Crippen LogP contribution in [0.4, 0.5) is 18.4 Å². The lowest BCUT2D eigenvalue weighted by Crippen LogP contribution is -2.80. The van der Waals surface area contributed by atoms with Crippen molar-refractivity contribution in [1.82, 2.24) is 30.7 Å². The van der Waals surface area contributed by atoms with E-state index in [0.29, 0.717) is 51.9 Å². The topological polar surface area (TPSA) is 157 Å². The fourth-order valence-corrected chi connectivity index (χ4v) is 10.5. The number of hydrogen-bond acceptors (Lipinski definition) is 11. The number of fused-ring (bicyclic) bond motifs is 7. The molecule has 16 heteroatoms. The third-order valence-electron chi connectivity index (χ3n) is 12.9. The fraction of sp³-hybridized carbons (Fsp3) is 0.946. The molecular weight excluding hydrogens is 694 g/mol. The van der Waals surface area contributed by atoms with Crippen LogP contribution in [0.25, 0.3) is 0 Å². The molecule has 7 rings (SSSR count). The van der Waals surface area contributed by atoms with Crippen LogP contribution in [0.1, 0.15) is 73.6 Å². The van der Waals surface area contributed by atoms with E-state index < -0.39 is 91.5 Å². The van der Waals surface area contributed by atoms with Gasteiger partial charge in [0.15, 0.2) is 6.29 Å². The molecule has 16 atom stereocenters. The molecule has 2 bridgehead atoms. The number of aliphatic hydroxyl groups is 2. The van der Waals surface area contributed by atoms with E-state index in [1.54, 1.807) is 4.90 Å². The molecule has 14 nitrogen and oxygen atoms in total. The van der Waals surface area contributed by atoms with E-state index in [0.717, 1.165) is 0 Å². The van der Waals surface area contributed by atoms with Crippen molar-refractivity contribution in [2.45, 2.75) is 159 Å². The summed E-state index contributed by atoms with van der Waals surface area (Å²) in [6, 6.07) is -2.00. The van der Waals surface area contributed by atoms with Gasteiger partial charge in [-0.15, -0.1) is 0 Å². The van der Waals surface area contributed by atoms with Crippen molar-refractivity contribution in [1.29, 1.82) is 0 Å². The lowest BCUT2D eigenvalue weighted by atomic mass is 9.71. The zero-order valence-electron chi connectivity index (χ0n) is 32.0. The second-order valence-corrected chi connectivity index (χ2v) is 17.8. The Balaban J connectivity index is 1.26. The number of rotatable bonds is 4. The Bertz CT molecular complexity index is 1310. The summed E-state index contributed by atoms with van der Waals surface area (Å²) in [5.74, 6) is -1.40. The Morgan fingerprint density at radius 3 is 2.53 bits per heavy atom. The van der Waals surface area contributed by atoms with Gasteiger partial charge in [0, 0.05) is 55.5 Å². The molecule has 0 spiro atoms. The minimum Gasteiger partial charge on any atom is -0.444 e. The fourth-order valence-electron chi connectivity index (χ4n) is 10.5. The number of aliphatic hydroxyl groups excluding tert-OH is 2. The van der Waals surface area contributed by atoms with Crippen LogP contribution in [-0.2, 0) is 18.9 Å². The number of carbonyl (C=O) groups is 2. The molecule has 7 fully saturated rings. The average molecular weight is 757 g/mol. The molecule has 3 amide bonds. The highest BCUT2D eigenvalue weighted by molar-refractivity contribution is 5.77. The normalized spacial score (nSPS) is 44.5. The van der Waals surface area contributed by atoms with Gasteiger partial charge in [0.25, 0.3) is 0 Å². The van der Waals surface area contributed by atoms with Crippen molar-refractivity contribution in [3.8, 4) is 0 Å². The minimum atomic E-state index is -1.41. The molecule has 15 unspecified atom stereocenters. The Morgan fingerprint density at radius 2 is 1.83 bits per heavy atom. The SMILES string of the molecule is CC(C)C1NCCC2C3OC(C(O)CO)OC3COC3CCCC(F)C3C3NC4C(CC3F)C(N3CCN(C(=O)OC(C)(C)C)C[C@@H]3C)NC(=O)N4C21. The summed E-state index contributed by atoms with van der Waals surface area (Å²) >= 11 is 0. The molecule has 5 N–H and O–H groups in total. The molecule has 302 valence electrons. The molecule has 6 heterocycles. The van der Waals surface area contributed by atoms with Crippen LogP contribution in [0.15, 0.2) is 0 Å². The monoisotopic (exact) mass is 756 g/mol. The molecule has 53 heavy (non-hydrogen) atoms. The van der Waals surface area contributed by atoms with E-state index in [2.05, 4.69) is 34.7 Å². The summed E-state index contributed by atoms with van der Waals surface area (Å²) < 4.78 is 57.9. The first-order valence-corrected chi connectivity index (χ1v) is 20.0. The van der Waals surface area contributed by atoms with Crippen molar-refractivity contribution in [3.05, 3.63) is 0 Å². The number of amides is 3. The number of nitrogens with zero attached hydrogens (tertiary/aromatic N) is 3. The standard InChI is InChI=1S/C37H62F2N6O8/c1-18(2)28-30-20(10-11-40-28)31-26(51-34(52-31)24(47)16-46)17-50-25-9-7-8-22(38)27(25)29-23(39)14-21-32(42-35(48)45(30)33(21)41-29)44-13-12-43(15-19(44)3)36(49)53-37(4,5)6/h18-34,40-41,46-47H,7-17H2,1-6H3,(H,42,48)/t19-,20?,21?,22?,23?,24?,25?,26?,27?,28?,29?,30?,31?,32?,33?,34?/m0/s1. The summed E-state index contributed by atoms with van der Waals surface area (Å²) in [4.78, 5) is 33.6. The number of ether oxygens (including phenoxy) is 4. The van der Waals surface area contributed by atoms with E-state index in [1.807, 2.05) is 32.6 Å². The average Bonchev–Trinajstić information content (AvgIpc) is 3.53. The molecule has 1 aliphatic carbocycles. The number of carbonyl (C=O) groups excluding carboxylic acids is 2. The van der Waals surface area contributed by atoms with Crippen LogP contribution in [0.3, 0.4) is 0 Å². The van der Waals surface area contributed by atoms with Gasteiger partial charge in [-0.2, -0.15) is 0 Å². The predicted molar refractivity (Wildman–Crippen MR) is 189 cm³/mol. The number of piperazine rings is 1. The van der Waals surface area contributed by atoms with E-state index in [-0.39, 0.29) is 49.1 Å². The van der Waals surface area contributed by atoms with Crippen molar-refractivity contribution >= 4 is 12.1 Å². The van der Waals surface area contributed by atoms with E-state index in [4.69, 9.17) is 18.9 Å². The van der Waals surface area contributed by atoms with E-state index in [1.165, 1.54) is 0 Å². The molecule has 0 radical (unpaired) electrons. The molecule has 6 aliphatic heterocycles. The van der Waals surface area contributed by atoms with Crippen molar-refractivity contribution < 1.29 is 47.5 Å². The maximum atomic E-state index is 16.9. The number of alkyl halides is 2. The van der Waals surface area contributed by atoms with Crippen molar-refractivity contribution in [3.63, 3.8) is 0 Å². The van der Waals surface area contributed by atoms with E-state index >= 15 is 8.78 Å². The number of hydrogen-bond donors (Lipinski definition) is 5. The van der Waals surface area contributed by atoms with Gasteiger partial charge in [0.05, 0.1) is 43.8 Å². The highest BCUT2D eigenvalue weighted by Gasteiger charge is 2.60. The summed E-state index contributed by atoms with van der Waals surface area (Å²) in [6.45, 7) is 13.1. The van der Waals surface area contributed by atoms with Crippen LogP contribution in [0.2, 0.25) is 0 Å². The van der Waals surface area contributed by atoms with Gasteiger partial charge < -0.3 is 49.6 Å². The number of piperidine rings is 2. The molecule has 0 aromatic rings. The van der Waals surface area contributed by atoms with Crippen molar-refractivity contribution in [2.75, 3.05) is 39.4 Å². The molecule has 7 aliphatic rings. The van der Waals surface area contributed by atoms with E-state index in [9.17, 15) is 19.8 Å². The zero-order valence-corrected chi connectivity index (χ0v) is 32.0. The second kappa shape index (κ2) is 15.5. The molecule has 6 saturated heterocycles. The zero-order chi connectivity index (χ0) is 37.9. The van der Waals surface area contributed by atoms with Crippen LogP contribution in [0.5, 0.6) is 0 Å². The molecular formula is C37H62F2N6O8. The van der Waals surface area contributed by atoms with Crippen LogP contribution >= 0.6 is 0 Å². The third kappa shape index (κ3) is 7.64. The largest absolute Gasteiger partial charge is 0.444 e. The Kier molecular flexibility index (Phi) is 11.5. The first-order valence-electron chi connectivity index (χ1n) is 20.0. The number of nitrogens with one attached hydrogen (secondary N) is 3. The minimum absolute atomic E-state index is 0.0490. The van der Waals surface area contributed by atoms with Gasteiger partial charge in [-0.25, -0.2) is 18.4 Å². The summed E-state index contributed by atoms with van der Waals surface area (Å²) in [7, 11) is 0. The quantitative estimate of drug-likeness (QED) is 0.286. The summed E-state index contributed by atoms with van der Waals surface area (Å²) in [6.07, 6.45) is -6.35. The molecule has 0 aromatic heterocycles. The molecule has 1 saturated carbocycles. The number of urea groups is 1. The maximum Gasteiger partial charge on any atom is 0.410 e. The van der Waals surface area contributed by atoms with Gasteiger partial charge >= 0.3 is 12.1 Å². The van der Waals surface area contributed by atoms with Crippen LogP contribution in [-0.4, -0.2) is 162 Å². The Labute approximate surface area is 311 Å². The van der Waals surface area contributed by atoms with Gasteiger partial charge in [-0.05, 0) is 72.3 Å². The van der Waals surface area contributed by atoms with Crippen molar-refractivity contribution in [2.24, 2.45) is 23.7 Å². The van der Waals surface area contributed by atoms with Gasteiger partial charge in [0.1, 0.15) is 30.2 Å². The van der Waals surface area contributed by atoms with Crippen LogP contribution in [0, 0.1) is 23.7 Å². The smallest absolute Gasteiger partial charge is 0.410 e. The van der Waals surface area contributed by atoms with Crippen LogP contribution < -0.4 is 16.0 Å². The molecule has 0 aromatic carbocycles. The highest BCUT2D eigenvalue weighted by Crippen LogP contribution is 2.45. The maximum absolute atomic E-state index is 16.9. The summed E-state index contributed by atoms with van der Waals surface area (Å²) in [5.41, 5.74) is -0.637. The first-order chi connectivity index (χ1) is 25.2. The Hall–Kier alpha value is -1.92. The third-order valence-corrected chi connectivity index (χ3v) is 12.9. The number of halogens is 2. The Morgan fingerprint density at radius 1 is 1.06 bits per heavy atom. The second-order valence-electron chi connectivity index (χ2n) is 17.8. The van der Waals surface area contributed by atoms with Gasteiger partial charge in [-0.1, -0.05) is 13.8 Å². The summed E-state index contributed by atoms with van der Waals surface area (Å²) in [5, 5.41) is 31.0. The van der Waals surface area contributed by atoms with Gasteiger partial charge in [-0.3, -0.25) is 10.2 Å². The lowest BCUT2D eigenvalue weighted by molar-refractivity contribution is -0.159. The first kappa shape index (κ1) is 39.3.